The van der Waals surface area contributed by atoms with Crippen LogP contribution in [0.3, 0.4) is 0 Å². The number of aromatic nitrogens is 3. The van der Waals surface area contributed by atoms with Crippen LogP contribution in [0.25, 0.3) is 33.8 Å². The lowest BCUT2D eigenvalue weighted by Crippen LogP contribution is -2.43. The number of piperazine rings is 1. The number of anilines is 1. The Morgan fingerprint density at radius 2 is 1.80 bits per heavy atom. The third kappa shape index (κ3) is 3.83. The molecule has 2 aromatic carbocycles. The molecular formula is C24H21FN6O4. The summed E-state index contributed by atoms with van der Waals surface area (Å²) in [6.07, 6.45) is 3.65. The first-order valence-corrected chi connectivity index (χ1v) is 11.4. The summed E-state index contributed by atoms with van der Waals surface area (Å²) in [5.41, 5.74) is 1.42. The van der Waals surface area contributed by atoms with E-state index in [2.05, 4.69) is 15.5 Å². The minimum atomic E-state index is -0.495. The molecule has 3 heterocycles. The van der Waals surface area contributed by atoms with Gasteiger partial charge in [0.1, 0.15) is 11.4 Å². The topological polar surface area (TPSA) is 119 Å². The standard InChI is InChI=1S/C24H21FN6O4/c25-19-11-17-20(12-21(19)29-9-7-26-8-10-29)30(15-5-6-15)13-18(22(17)32)24-28-27-23(35-24)14-1-3-16(4-2-14)31(33)34/h1-4,11-13,15,26H,5-10H2. The summed E-state index contributed by atoms with van der Waals surface area (Å²) < 4.78 is 23.0. The molecule has 0 atom stereocenters. The molecule has 178 valence electrons. The van der Waals surface area contributed by atoms with Gasteiger partial charge in [0.05, 0.1) is 16.1 Å². The Morgan fingerprint density at radius 3 is 2.49 bits per heavy atom. The highest BCUT2D eigenvalue weighted by atomic mass is 19.1. The highest BCUT2D eigenvalue weighted by molar-refractivity contribution is 5.86. The number of pyridine rings is 1. The number of nitro groups is 1. The number of nitro benzene ring substituents is 1. The number of hydrogen-bond donors (Lipinski definition) is 1. The van der Waals surface area contributed by atoms with Crippen molar-refractivity contribution in [2.24, 2.45) is 0 Å². The van der Waals surface area contributed by atoms with Gasteiger partial charge in [0.25, 0.3) is 11.6 Å². The van der Waals surface area contributed by atoms with Crippen molar-refractivity contribution in [2.75, 3.05) is 31.1 Å². The van der Waals surface area contributed by atoms with Gasteiger partial charge in [0.2, 0.25) is 11.3 Å². The summed E-state index contributed by atoms with van der Waals surface area (Å²) in [7, 11) is 0. The van der Waals surface area contributed by atoms with Crippen LogP contribution in [-0.4, -0.2) is 45.9 Å². The number of halogens is 1. The molecule has 1 aliphatic heterocycles. The molecule has 0 spiro atoms. The normalized spacial score (nSPS) is 16.1. The molecule has 0 radical (unpaired) electrons. The maximum absolute atomic E-state index is 15.2. The van der Waals surface area contributed by atoms with Crippen molar-refractivity contribution in [1.29, 1.82) is 0 Å². The van der Waals surface area contributed by atoms with Crippen LogP contribution in [0.15, 0.2) is 51.8 Å². The maximum atomic E-state index is 15.2. The zero-order valence-electron chi connectivity index (χ0n) is 18.6. The predicted octanol–water partition coefficient (Wildman–Crippen LogP) is 3.51. The molecular weight excluding hydrogens is 455 g/mol. The predicted molar refractivity (Wildman–Crippen MR) is 127 cm³/mol. The summed E-state index contributed by atoms with van der Waals surface area (Å²) >= 11 is 0. The van der Waals surface area contributed by atoms with Crippen LogP contribution in [0.4, 0.5) is 15.8 Å². The molecule has 11 heteroatoms. The van der Waals surface area contributed by atoms with Crippen molar-refractivity contribution in [3.8, 4) is 22.9 Å². The highest BCUT2D eigenvalue weighted by Crippen LogP contribution is 2.39. The summed E-state index contributed by atoms with van der Waals surface area (Å²) in [6, 6.07) is 9.00. The molecule has 2 fully saturated rings. The number of non-ortho nitro benzene ring substituents is 1. The first-order valence-electron chi connectivity index (χ1n) is 11.4. The van der Waals surface area contributed by atoms with Crippen LogP contribution in [0.1, 0.15) is 18.9 Å². The van der Waals surface area contributed by atoms with Crippen LogP contribution in [-0.2, 0) is 0 Å². The van der Waals surface area contributed by atoms with Crippen LogP contribution in [0.2, 0.25) is 0 Å². The van der Waals surface area contributed by atoms with Crippen LogP contribution < -0.4 is 15.6 Å². The van der Waals surface area contributed by atoms with Gasteiger partial charge in [-0.05, 0) is 37.1 Å². The van der Waals surface area contributed by atoms with Gasteiger partial charge in [-0.25, -0.2) is 4.39 Å². The molecule has 10 nitrogen and oxygen atoms in total. The summed E-state index contributed by atoms with van der Waals surface area (Å²) in [5.74, 6) is -0.285. The van der Waals surface area contributed by atoms with Gasteiger partial charge < -0.3 is 19.2 Å². The number of nitrogens with zero attached hydrogens (tertiary/aromatic N) is 5. The zero-order chi connectivity index (χ0) is 24.1. The summed E-state index contributed by atoms with van der Waals surface area (Å²) in [6.45, 7) is 2.95. The van der Waals surface area contributed by atoms with E-state index in [1.165, 1.54) is 30.3 Å². The van der Waals surface area contributed by atoms with Crippen molar-refractivity contribution in [2.45, 2.75) is 18.9 Å². The number of nitrogens with one attached hydrogen (secondary N) is 1. The Balaban J connectivity index is 1.44. The van der Waals surface area contributed by atoms with Crippen LogP contribution in [0.5, 0.6) is 0 Å². The number of benzene rings is 2. The quantitative estimate of drug-likeness (QED) is 0.343. The van der Waals surface area contributed by atoms with E-state index in [1.807, 2.05) is 9.47 Å². The molecule has 1 aliphatic carbocycles. The van der Waals surface area contributed by atoms with Crippen molar-refractivity contribution in [1.82, 2.24) is 20.1 Å². The van der Waals surface area contributed by atoms with E-state index < -0.39 is 10.7 Å². The number of hydrogen-bond acceptors (Lipinski definition) is 8. The van der Waals surface area contributed by atoms with Gasteiger partial charge >= 0.3 is 0 Å². The fourth-order valence-corrected chi connectivity index (χ4v) is 4.49. The van der Waals surface area contributed by atoms with Gasteiger partial charge in [-0.2, -0.15) is 0 Å². The monoisotopic (exact) mass is 476 g/mol. The SMILES string of the molecule is O=c1c(-c2nnc(-c3ccc([N+](=O)[O-])cc3)o2)cn(C2CC2)c2cc(N3CCNCC3)c(F)cc12. The lowest BCUT2D eigenvalue weighted by Gasteiger charge is -2.30. The molecule has 2 aliphatic rings. The van der Waals surface area contributed by atoms with Gasteiger partial charge in [-0.15, -0.1) is 10.2 Å². The lowest BCUT2D eigenvalue weighted by atomic mass is 10.1. The first-order chi connectivity index (χ1) is 17.0. The molecule has 2 aromatic heterocycles. The van der Waals surface area contributed by atoms with Crippen molar-refractivity contribution >= 4 is 22.3 Å². The average molecular weight is 476 g/mol. The molecule has 1 saturated carbocycles. The average Bonchev–Trinajstić information content (AvgIpc) is 3.61. The largest absolute Gasteiger partial charge is 0.416 e. The number of fused-ring (bicyclic) bond motifs is 1. The van der Waals surface area contributed by atoms with Gasteiger partial charge in [0.15, 0.2) is 0 Å². The van der Waals surface area contributed by atoms with E-state index in [1.54, 1.807) is 12.3 Å². The van der Waals surface area contributed by atoms with E-state index in [9.17, 15) is 14.9 Å². The van der Waals surface area contributed by atoms with E-state index in [-0.39, 0.29) is 39.9 Å². The first kappa shape index (κ1) is 21.4. The van der Waals surface area contributed by atoms with Gasteiger partial charge in [-0.1, -0.05) is 0 Å². The zero-order valence-corrected chi connectivity index (χ0v) is 18.6. The Hall–Kier alpha value is -4.12. The van der Waals surface area contributed by atoms with E-state index in [0.29, 0.717) is 29.9 Å². The lowest BCUT2D eigenvalue weighted by molar-refractivity contribution is -0.384. The summed E-state index contributed by atoms with van der Waals surface area (Å²) in [5, 5.41) is 22.5. The van der Waals surface area contributed by atoms with Gasteiger partial charge in [0, 0.05) is 61.5 Å². The second-order valence-electron chi connectivity index (χ2n) is 8.78. The smallest absolute Gasteiger partial charge is 0.269 e. The van der Waals surface area contributed by atoms with Crippen molar-refractivity contribution < 1.29 is 13.7 Å². The minimum Gasteiger partial charge on any atom is -0.416 e. The van der Waals surface area contributed by atoms with Crippen molar-refractivity contribution in [3.63, 3.8) is 0 Å². The molecule has 1 N–H and O–H groups in total. The Morgan fingerprint density at radius 1 is 1.09 bits per heavy atom. The highest BCUT2D eigenvalue weighted by Gasteiger charge is 2.28. The van der Waals surface area contributed by atoms with Gasteiger partial charge in [-0.3, -0.25) is 14.9 Å². The number of rotatable bonds is 5. The fourth-order valence-electron chi connectivity index (χ4n) is 4.49. The molecule has 4 aromatic rings. The van der Waals surface area contributed by atoms with E-state index in [0.717, 1.165) is 25.9 Å². The Labute approximate surface area is 198 Å². The molecule has 35 heavy (non-hydrogen) atoms. The Kier molecular flexibility index (Phi) is 5.06. The third-order valence-corrected chi connectivity index (χ3v) is 6.48. The fraction of sp³-hybridized carbons (Fsp3) is 0.292. The molecule has 0 bridgehead atoms. The molecule has 0 amide bonds. The third-order valence-electron chi connectivity index (χ3n) is 6.48. The van der Waals surface area contributed by atoms with E-state index >= 15 is 4.39 Å². The van der Waals surface area contributed by atoms with Crippen LogP contribution in [0, 0.1) is 15.9 Å². The molecule has 6 rings (SSSR count). The van der Waals surface area contributed by atoms with Crippen molar-refractivity contribution in [3.05, 3.63) is 68.7 Å². The minimum absolute atomic E-state index is 0.0197. The molecule has 1 saturated heterocycles. The Bertz CT molecular complexity index is 1500. The van der Waals surface area contributed by atoms with E-state index in [4.69, 9.17) is 4.42 Å². The maximum Gasteiger partial charge on any atom is 0.269 e. The summed E-state index contributed by atoms with van der Waals surface area (Å²) in [4.78, 5) is 25.8. The molecule has 0 unspecified atom stereocenters. The second-order valence-corrected chi connectivity index (χ2v) is 8.78. The van der Waals surface area contributed by atoms with Crippen LogP contribution >= 0.6 is 0 Å². The second kappa shape index (κ2) is 8.27.